The Kier molecular flexibility index (Phi) is 4.55. The van der Waals surface area contributed by atoms with Gasteiger partial charge in [0.25, 0.3) is 12.3 Å². The number of halogens is 2. The first kappa shape index (κ1) is 15.0. The van der Waals surface area contributed by atoms with Gasteiger partial charge in [0, 0.05) is 5.56 Å². The minimum absolute atomic E-state index is 0.0920. The molecule has 0 aromatic heterocycles. The molecule has 2 atom stereocenters. The normalized spacial score (nSPS) is 15.6. The third-order valence-electron chi connectivity index (χ3n) is 2.61. The molecule has 0 bridgehead atoms. The van der Waals surface area contributed by atoms with Crippen molar-refractivity contribution in [1.29, 1.82) is 0 Å². The molecule has 0 unspecified atom stereocenters. The number of carbonyl (C=O) groups is 2. The molecule has 104 valence electrons. The summed E-state index contributed by atoms with van der Waals surface area (Å²) in [6, 6.07) is 5.25. The van der Waals surface area contributed by atoms with Crippen LogP contribution in [0.1, 0.15) is 17.3 Å². The van der Waals surface area contributed by atoms with Crippen LogP contribution >= 0.6 is 0 Å². The van der Waals surface area contributed by atoms with E-state index >= 15 is 0 Å². The highest BCUT2D eigenvalue weighted by molar-refractivity contribution is 5.95. The Morgan fingerprint density at radius 1 is 1.26 bits per heavy atom. The van der Waals surface area contributed by atoms with Crippen LogP contribution < -0.4 is 5.32 Å². The van der Waals surface area contributed by atoms with Gasteiger partial charge in [0.05, 0.1) is 0 Å². The molecule has 0 aliphatic rings. The summed E-state index contributed by atoms with van der Waals surface area (Å²) in [4.78, 5) is 22.4. The van der Waals surface area contributed by atoms with Crippen molar-refractivity contribution >= 4 is 11.9 Å². The lowest BCUT2D eigenvalue weighted by atomic mass is 9.96. The van der Waals surface area contributed by atoms with Gasteiger partial charge in [0.2, 0.25) is 0 Å². The molecule has 1 aromatic rings. The summed E-state index contributed by atoms with van der Waals surface area (Å²) >= 11 is 0. The summed E-state index contributed by atoms with van der Waals surface area (Å²) in [6.07, 6.45) is -3.22. The molecule has 0 radical (unpaired) electrons. The van der Waals surface area contributed by atoms with Gasteiger partial charge in [0.1, 0.15) is 6.04 Å². The Hall–Kier alpha value is -2.02. The predicted molar refractivity (Wildman–Crippen MR) is 62.0 cm³/mol. The second-order valence-corrected chi connectivity index (χ2v) is 4.10. The number of hydrogen-bond donors (Lipinski definition) is 3. The first-order chi connectivity index (χ1) is 8.76. The molecule has 0 heterocycles. The zero-order valence-electron chi connectivity index (χ0n) is 10.0. The molecule has 5 nitrogen and oxygen atoms in total. The van der Waals surface area contributed by atoms with Crippen molar-refractivity contribution < 1.29 is 28.6 Å². The number of amides is 1. The number of rotatable bonds is 5. The van der Waals surface area contributed by atoms with Crippen molar-refractivity contribution in [3.05, 3.63) is 35.9 Å². The van der Waals surface area contributed by atoms with Gasteiger partial charge >= 0.3 is 5.97 Å². The molecule has 1 rings (SSSR count). The van der Waals surface area contributed by atoms with Crippen molar-refractivity contribution in [2.24, 2.45) is 0 Å². The summed E-state index contributed by atoms with van der Waals surface area (Å²) in [5.74, 6) is -2.72. The Labute approximate surface area is 107 Å². The number of carboxylic acids is 1. The van der Waals surface area contributed by atoms with Crippen LogP contribution in [0.5, 0.6) is 0 Å². The maximum atomic E-state index is 12.8. The number of benzene rings is 1. The summed E-state index contributed by atoms with van der Waals surface area (Å²) < 4.78 is 25.6. The number of hydrogen-bond acceptors (Lipinski definition) is 3. The van der Waals surface area contributed by atoms with E-state index in [1.54, 1.807) is 6.07 Å². The number of nitrogens with one attached hydrogen (secondary N) is 1. The highest BCUT2D eigenvalue weighted by Gasteiger charge is 2.46. The van der Waals surface area contributed by atoms with Crippen molar-refractivity contribution in [3.8, 4) is 0 Å². The van der Waals surface area contributed by atoms with Gasteiger partial charge in [-0.25, -0.2) is 13.6 Å². The number of alkyl halides is 2. The quantitative estimate of drug-likeness (QED) is 0.743. The topological polar surface area (TPSA) is 86.6 Å². The van der Waals surface area contributed by atoms with Gasteiger partial charge in [-0.05, 0) is 19.1 Å². The van der Waals surface area contributed by atoms with Crippen molar-refractivity contribution in [2.75, 3.05) is 0 Å². The standard InChI is InChI=1S/C12H13F2NO4/c1-12(19,11(17)18)8(9(13)14)15-10(16)7-5-3-2-4-6-7/h2-6,8-9,19H,1H3,(H,15,16)(H,17,18)/t8-,12+/m0/s1. The SMILES string of the molecule is C[C@](O)(C(=O)O)[C@@H](NC(=O)c1ccccc1)C(F)F. The third-order valence-corrected chi connectivity index (χ3v) is 2.61. The maximum Gasteiger partial charge on any atom is 0.337 e. The number of carbonyl (C=O) groups excluding carboxylic acids is 1. The molecule has 0 aliphatic heterocycles. The summed E-state index contributed by atoms with van der Waals surface area (Å²) in [7, 11) is 0. The lowest BCUT2D eigenvalue weighted by Gasteiger charge is -2.29. The van der Waals surface area contributed by atoms with Gasteiger partial charge in [0.15, 0.2) is 5.60 Å². The minimum atomic E-state index is -3.22. The summed E-state index contributed by atoms with van der Waals surface area (Å²) in [5, 5.41) is 20.1. The van der Waals surface area contributed by atoms with Gasteiger partial charge < -0.3 is 15.5 Å². The van der Waals surface area contributed by atoms with E-state index in [0.29, 0.717) is 6.92 Å². The highest BCUT2D eigenvalue weighted by Crippen LogP contribution is 2.18. The van der Waals surface area contributed by atoms with E-state index in [9.17, 15) is 23.5 Å². The van der Waals surface area contributed by atoms with Crippen LogP contribution in [0.4, 0.5) is 8.78 Å². The fourth-order valence-electron chi connectivity index (χ4n) is 1.40. The second kappa shape index (κ2) is 5.75. The molecule has 19 heavy (non-hydrogen) atoms. The maximum absolute atomic E-state index is 12.8. The molecule has 0 saturated heterocycles. The van der Waals surface area contributed by atoms with Crippen LogP contribution in [-0.2, 0) is 4.79 Å². The molecule has 0 saturated carbocycles. The monoisotopic (exact) mass is 273 g/mol. The fraction of sp³-hybridized carbons (Fsp3) is 0.333. The number of aliphatic hydroxyl groups is 1. The predicted octanol–water partition coefficient (Wildman–Crippen LogP) is 0.886. The van der Waals surface area contributed by atoms with Gasteiger partial charge in [-0.2, -0.15) is 0 Å². The molecule has 1 aromatic carbocycles. The molecular formula is C12H13F2NO4. The van der Waals surface area contributed by atoms with Crippen LogP contribution in [0.2, 0.25) is 0 Å². The van der Waals surface area contributed by atoms with Gasteiger partial charge in [-0.1, -0.05) is 18.2 Å². The van der Waals surface area contributed by atoms with E-state index < -0.39 is 29.9 Å². The molecule has 7 heteroatoms. The van der Waals surface area contributed by atoms with E-state index in [0.717, 1.165) is 0 Å². The molecule has 0 spiro atoms. The Balaban J connectivity index is 2.92. The average Bonchev–Trinajstić information content (AvgIpc) is 2.35. The van der Waals surface area contributed by atoms with Crippen molar-refractivity contribution in [2.45, 2.75) is 25.0 Å². The van der Waals surface area contributed by atoms with Crippen LogP contribution in [0.15, 0.2) is 30.3 Å². The minimum Gasteiger partial charge on any atom is -0.479 e. The van der Waals surface area contributed by atoms with E-state index in [2.05, 4.69) is 0 Å². The Morgan fingerprint density at radius 2 is 1.79 bits per heavy atom. The van der Waals surface area contributed by atoms with Crippen LogP contribution in [-0.4, -0.2) is 40.2 Å². The highest BCUT2D eigenvalue weighted by atomic mass is 19.3. The lowest BCUT2D eigenvalue weighted by Crippen LogP contribution is -2.59. The summed E-state index contributed by atoms with van der Waals surface area (Å²) in [6.45, 7) is 0.706. The van der Waals surface area contributed by atoms with E-state index in [1.807, 2.05) is 5.32 Å². The smallest absolute Gasteiger partial charge is 0.337 e. The zero-order chi connectivity index (χ0) is 14.6. The average molecular weight is 273 g/mol. The largest absolute Gasteiger partial charge is 0.479 e. The van der Waals surface area contributed by atoms with E-state index in [-0.39, 0.29) is 5.56 Å². The molecule has 3 N–H and O–H groups in total. The van der Waals surface area contributed by atoms with Gasteiger partial charge in [-0.3, -0.25) is 4.79 Å². The van der Waals surface area contributed by atoms with E-state index in [4.69, 9.17) is 5.11 Å². The van der Waals surface area contributed by atoms with Crippen LogP contribution in [0, 0.1) is 0 Å². The Bertz CT molecular complexity index is 462. The second-order valence-electron chi connectivity index (χ2n) is 4.10. The Morgan fingerprint density at radius 3 is 2.21 bits per heavy atom. The zero-order valence-corrected chi connectivity index (χ0v) is 10.0. The number of aliphatic carboxylic acids is 1. The lowest BCUT2D eigenvalue weighted by molar-refractivity contribution is -0.164. The fourth-order valence-corrected chi connectivity index (χ4v) is 1.40. The van der Waals surface area contributed by atoms with Crippen molar-refractivity contribution in [3.63, 3.8) is 0 Å². The third kappa shape index (κ3) is 3.47. The summed E-state index contributed by atoms with van der Waals surface area (Å²) in [5.41, 5.74) is -2.67. The first-order valence-electron chi connectivity index (χ1n) is 5.36. The first-order valence-corrected chi connectivity index (χ1v) is 5.36. The van der Waals surface area contributed by atoms with Crippen LogP contribution in [0.3, 0.4) is 0 Å². The molecule has 1 amide bonds. The molecule has 0 aliphatic carbocycles. The number of carboxylic acid groups (broad SMARTS) is 1. The molecular weight excluding hydrogens is 260 g/mol. The van der Waals surface area contributed by atoms with Gasteiger partial charge in [-0.15, -0.1) is 0 Å². The van der Waals surface area contributed by atoms with Crippen LogP contribution in [0.25, 0.3) is 0 Å². The van der Waals surface area contributed by atoms with Crippen molar-refractivity contribution in [1.82, 2.24) is 5.32 Å². The van der Waals surface area contributed by atoms with E-state index in [1.165, 1.54) is 24.3 Å². The molecule has 0 fully saturated rings.